The number of rotatable bonds is 4. The van der Waals surface area contributed by atoms with Crippen LogP contribution >= 0.6 is 0 Å². The second-order valence-corrected chi connectivity index (χ2v) is 3.87. The first-order chi connectivity index (χ1) is 6.25. The van der Waals surface area contributed by atoms with Gasteiger partial charge in [-0.1, -0.05) is 0 Å². The van der Waals surface area contributed by atoms with Gasteiger partial charge in [-0.25, -0.2) is 0 Å². The predicted molar refractivity (Wildman–Crippen MR) is 56.0 cm³/mol. The number of hydrogen-bond donors (Lipinski definition) is 4. The molecule has 15 heavy (non-hydrogen) atoms. The SMILES string of the molecule is CC(O)CC(C)O.CC(O)CC(C)O.[Ti]. The van der Waals surface area contributed by atoms with E-state index in [2.05, 4.69) is 0 Å². The Morgan fingerprint density at radius 3 is 0.733 bits per heavy atom. The van der Waals surface area contributed by atoms with Crippen LogP contribution in [0.15, 0.2) is 0 Å². The van der Waals surface area contributed by atoms with Gasteiger partial charge < -0.3 is 20.4 Å². The molecule has 92 valence electrons. The second-order valence-electron chi connectivity index (χ2n) is 3.87. The molecule has 0 aliphatic carbocycles. The molecule has 4 nitrogen and oxygen atoms in total. The summed E-state index contributed by atoms with van der Waals surface area (Å²) in [7, 11) is 0. The molecule has 0 saturated carbocycles. The molecule has 4 atom stereocenters. The van der Waals surface area contributed by atoms with Gasteiger partial charge in [0.15, 0.2) is 0 Å². The molecule has 0 amide bonds. The average Bonchev–Trinajstić information content (AvgIpc) is 1.79. The third kappa shape index (κ3) is 31.3. The zero-order chi connectivity index (χ0) is 11.7. The molecule has 0 aromatic carbocycles. The van der Waals surface area contributed by atoms with Crippen LogP contribution in [0.1, 0.15) is 40.5 Å². The van der Waals surface area contributed by atoms with E-state index in [1.54, 1.807) is 27.7 Å². The maximum Gasteiger partial charge on any atom is 0.0536 e. The van der Waals surface area contributed by atoms with E-state index in [4.69, 9.17) is 20.4 Å². The van der Waals surface area contributed by atoms with Crippen molar-refractivity contribution in [1.29, 1.82) is 0 Å². The van der Waals surface area contributed by atoms with Crippen LogP contribution in [0.2, 0.25) is 0 Å². The summed E-state index contributed by atoms with van der Waals surface area (Å²) < 4.78 is 0. The minimum Gasteiger partial charge on any atom is -0.393 e. The predicted octanol–water partition coefficient (Wildman–Crippen LogP) is 0.274. The molecule has 0 bridgehead atoms. The maximum absolute atomic E-state index is 8.56. The summed E-state index contributed by atoms with van der Waals surface area (Å²) in [6.45, 7) is 6.64. The summed E-state index contributed by atoms with van der Waals surface area (Å²) in [6, 6.07) is 0. The Labute approximate surface area is 107 Å². The van der Waals surface area contributed by atoms with Crippen molar-refractivity contribution in [3.63, 3.8) is 0 Å². The van der Waals surface area contributed by atoms with Crippen molar-refractivity contribution < 1.29 is 42.1 Å². The van der Waals surface area contributed by atoms with Gasteiger partial charge in [0.05, 0.1) is 24.4 Å². The van der Waals surface area contributed by atoms with Crippen molar-refractivity contribution >= 4 is 0 Å². The topological polar surface area (TPSA) is 80.9 Å². The molecule has 0 aromatic heterocycles. The Bertz CT molecular complexity index is 90.0. The Kier molecular flexibility index (Phi) is 17.6. The van der Waals surface area contributed by atoms with Crippen LogP contribution in [0.4, 0.5) is 0 Å². The van der Waals surface area contributed by atoms with Gasteiger partial charge in [0, 0.05) is 21.7 Å². The molecule has 0 heterocycles. The normalized spacial score (nSPS) is 17.6. The summed E-state index contributed by atoms with van der Waals surface area (Å²) in [5.74, 6) is 0. The van der Waals surface area contributed by atoms with E-state index in [9.17, 15) is 0 Å². The minimum atomic E-state index is -0.375. The monoisotopic (exact) mass is 256 g/mol. The summed E-state index contributed by atoms with van der Waals surface area (Å²) in [5, 5.41) is 34.3. The van der Waals surface area contributed by atoms with E-state index in [0.717, 1.165) is 0 Å². The number of hydrogen-bond acceptors (Lipinski definition) is 4. The third-order valence-electron chi connectivity index (χ3n) is 1.36. The molecule has 0 aliphatic heterocycles. The smallest absolute Gasteiger partial charge is 0.0536 e. The fraction of sp³-hybridized carbons (Fsp3) is 1.00. The first-order valence-corrected chi connectivity index (χ1v) is 4.98. The van der Waals surface area contributed by atoms with E-state index in [0.29, 0.717) is 12.8 Å². The van der Waals surface area contributed by atoms with Gasteiger partial charge in [-0.2, -0.15) is 0 Å². The van der Waals surface area contributed by atoms with Crippen LogP contribution in [0, 0.1) is 0 Å². The number of aliphatic hydroxyl groups excluding tert-OH is 4. The zero-order valence-electron chi connectivity index (χ0n) is 10.0. The van der Waals surface area contributed by atoms with Crippen LogP contribution in [0.25, 0.3) is 0 Å². The average molecular weight is 256 g/mol. The molecule has 0 rings (SSSR count). The summed E-state index contributed by atoms with van der Waals surface area (Å²) in [4.78, 5) is 0. The summed E-state index contributed by atoms with van der Waals surface area (Å²) >= 11 is 0. The molecule has 5 heteroatoms. The summed E-state index contributed by atoms with van der Waals surface area (Å²) in [5.41, 5.74) is 0. The van der Waals surface area contributed by atoms with Crippen LogP contribution in [-0.2, 0) is 21.7 Å². The molecular weight excluding hydrogens is 232 g/mol. The largest absolute Gasteiger partial charge is 0.393 e. The van der Waals surface area contributed by atoms with Crippen molar-refractivity contribution in [3.8, 4) is 0 Å². The molecule has 0 aliphatic rings. The first-order valence-electron chi connectivity index (χ1n) is 4.98. The molecule has 0 aromatic rings. The van der Waals surface area contributed by atoms with E-state index < -0.39 is 0 Å². The molecular formula is C10H24O4Ti. The van der Waals surface area contributed by atoms with Crippen LogP contribution < -0.4 is 0 Å². The third-order valence-corrected chi connectivity index (χ3v) is 1.36. The molecule has 4 N–H and O–H groups in total. The quantitative estimate of drug-likeness (QED) is 0.544. The fourth-order valence-corrected chi connectivity index (χ4v) is 0.987. The second kappa shape index (κ2) is 12.6. The van der Waals surface area contributed by atoms with Gasteiger partial charge in [0.25, 0.3) is 0 Å². The van der Waals surface area contributed by atoms with Gasteiger partial charge in [-0.3, -0.25) is 0 Å². The fourth-order valence-electron chi connectivity index (χ4n) is 0.987. The zero-order valence-corrected chi connectivity index (χ0v) is 11.6. The Balaban J connectivity index is -0.000000180. The molecule has 0 saturated heterocycles. The van der Waals surface area contributed by atoms with E-state index in [1.807, 2.05) is 0 Å². The minimum absolute atomic E-state index is 0. The van der Waals surface area contributed by atoms with Gasteiger partial charge in [0.1, 0.15) is 0 Å². The van der Waals surface area contributed by atoms with Crippen molar-refractivity contribution in [3.05, 3.63) is 0 Å². The standard InChI is InChI=1S/2C5H12O2.Ti/c2*1-4(6)3-5(2)7;/h2*4-7H,3H2,1-2H3;. The summed E-state index contributed by atoms with van der Waals surface area (Å²) in [6.07, 6.45) is -0.556. The number of aliphatic hydroxyl groups is 4. The Hall–Kier alpha value is 0.554. The Morgan fingerprint density at radius 1 is 0.600 bits per heavy atom. The first kappa shape index (κ1) is 20.9. The van der Waals surface area contributed by atoms with Crippen LogP contribution in [-0.4, -0.2) is 44.8 Å². The van der Waals surface area contributed by atoms with Crippen molar-refractivity contribution in [2.75, 3.05) is 0 Å². The van der Waals surface area contributed by atoms with Gasteiger partial charge in [-0.15, -0.1) is 0 Å². The van der Waals surface area contributed by atoms with E-state index in [-0.39, 0.29) is 46.1 Å². The van der Waals surface area contributed by atoms with Gasteiger partial charge in [0.2, 0.25) is 0 Å². The van der Waals surface area contributed by atoms with E-state index in [1.165, 1.54) is 0 Å². The molecule has 0 radical (unpaired) electrons. The Morgan fingerprint density at radius 2 is 0.733 bits per heavy atom. The molecule has 0 fully saturated rings. The van der Waals surface area contributed by atoms with Crippen LogP contribution in [0.5, 0.6) is 0 Å². The van der Waals surface area contributed by atoms with E-state index >= 15 is 0 Å². The van der Waals surface area contributed by atoms with Gasteiger partial charge >= 0.3 is 0 Å². The van der Waals surface area contributed by atoms with Crippen molar-refractivity contribution in [1.82, 2.24) is 0 Å². The maximum atomic E-state index is 8.56. The van der Waals surface area contributed by atoms with Crippen LogP contribution in [0.3, 0.4) is 0 Å². The van der Waals surface area contributed by atoms with Crippen molar-refractivity contribution in [2.24, 2.45) is 0 Å². The molecule has 0 spiro atoms. The van der Waals surface area contributed by atoms with Gasteiger partial charge in [-0.05, 0) is 40.5 Å². The van der Waals surface area contributed by atoms with Crippen molar-refractivity contribution in [2.45, 2.75) is 65.0 Å². The molecule has 4 unspecified atom stereocenters.